The molecule has 0 bridgehead atoms. The van der Waals surface area contributed by atoms with E-state index in [2.05, 4.69) is 31.0 Å². The van der Waals surface area contributed by atoms with Crippen LogP contribution in [0.3, 0.4) is 0 Å². The first kappa shape index (κ1) is 11.4. The maximum absolute atomic E-state index is 3.50. The van der Waals surface area contributed by atoms with Gasteiger partial charge in [0, 0.05) is 19.1 Å². The molecule has 2 heterocycles. The molecule has 4 unspecified atom stereocenters. The van der Waals surface area contributed by atoms with Crippen LogP contribution < -0.4 is 5.32 Å². The molecule has 2 aliphatic heterocycles. The van der Waals surface area contributed by atoms with Crippen molar-refractivity contribution in [3.8, 4) is 0 Å². The van der Waals surface area contributed by atoms with Crippen LogP contribution in [0.5, 0.6) is 0 Å². The van der Waals surface area contributed by atoms with Crippen LogP contribution in [0.25, 0.3) is 0 Å². The summed E-state index contributed by atoms with van der Waals surface area (Å²) in [6, 6.07) is 0.844. The van der Waals surface area contributed by atoms with Gasteiger partial charge in [-0.1, -0.05) is 20.8 Å². The number of rotatable bonds is 1. The Morgan fingerprint density at radius 1 is 1.07 bits per heavy atom. The summed E-state index contributed by atoms with van der Waals surface area (Å²) in [5, 5.41) is 3.50. The first-order valence-corrected chi connectivity index (χ1v) is 6.61. The molecule has 2 rings (SSSR count). The number of hydrogen-bond acceptors (Lipinski definition) is 2. The Bertz CT molecular complexity index is 195. The van der Waals surface area contributed by atoms with Crippen molar-refractivity contribution in [2.75, 3.05) is 26.2 Å². The molecule has 4 atom stereocenters. The van der Waals surface area contributed by atoms with Crippen LogP contribution in [-0.4, -0.2) is 37.1 Å². The van der Waals surface area contributed by atoms with E-state index in [9.17, 15) is 0 Å². The van der Waals surface area contributed by atoms with E-state index in [1.54, 1.807) is 0 Å². The molecule has 0 aromatic carbocycles. The van der Waals surface area contributed by atoms with Gasteiger partial charge in [-0.15, -0.1) is 0 Å². The fourth-order valence-corrected chi connectivity index (χ4v) is 3.52. The molecule has 0 aliphatic carbocycles. The molecule has 0 aromatic rings. The number of nitrogens with zero attached hydrogens (tertiary/aromatic N) is 1. The summed E-state index contributed by atoms with van der Waals surface area (Å²) < 4.78 is 0. The highest BCUT2D eigenvalue weighted by Crippen LogP contribution is 2.27. The first-order valence-electron chi connectivity index (χ1n) is 6.61. The molecule has 15 heavy (non-hydrogen) atoms. The Labute approximate surface area is 94.4 Å². The smallest absolute Gasteiger partial charge is 0.0145 e. The molecule has 88 valence electrons. The van der Waals surface area contributed by atoms with Crippen molar-refractivity contribution in [1.82, 2.24) is 10.2 Å². The van der Waals surface area contributed by atoms with Crippen LogP contribution in [0, 0.1) is 17.8 Å². The normalized spacial score (nSPS) is 44.2. The summed E-state index contributed by atoms with van der Waals surface area (Å²) in [5.41, 5.74) is 0. The first-order chi connectivity index (χ1) is 7.16. The quantitative estimate of drug-likeness (QED) is 0.712. The lowest BCUT2D eigenvalue weighted by atomic mass is 9.86. The van der Waals surface area contributed by atoms with Crippen LogP contribution >= 0.6 is 0 Å². The number of nitrogens with one attached hydrogen (secondary N) is 1. The molecule has 0 spiro atoms. The third kappa shape index (κ3) is 2.73. The summed E-state index contributed by atoms with van der Waals surface area (Å²) in [6.45, 7) is 12.3. The minimum absolute atomic E-state index is 0.830. The van der Waals surface area contributed by atoms with Crippen LogP contribution in [0.15, 0.2) is 0 Å². The summed E-state index contributed by atoms with van der Waals surface area (Å²) in [6.07, 6.45) is 2.77. The van der Waals surface area contributed by atoms with Crippen molar-refractivity contribution in [1.29, 1.82) is 0 Å². The second kappa shape index (κ2) is 4.84. The van der Waals surface area contributed by atoms with Gasteiger partial charge in [0.25, 0.3) is 0 Å². The van der Waals surface area contributed by atoms with E-state index in [0.29, 0.717) is 0 Å². The third-order valence-corrected chi connectivity index (χ3v) is 4.11. The minimum atomic E-state index is 0.830. The van der Waals surface area contributed by atoms with E-state index in [4.69, 9.17) is 0 Å². The predicted octanol–water partition coefficient (Wildman–Crippen LogP) is 1.96. The van der Waals surface area contributed by atoms with Crippen LogP contribution in [0.2, 0.25) is 0 Å². The largest absolute Gasteiger partial charge is 0.316 e. The van der Waals surface area contributed by atoms with Crippen LogP contribution in [-0.2, 0) is 0 Å². The average Bonchev–Trinajstić information content (AvgIpc) is 2.16. The summed E-state index contributed by atoms with van der Waals surface area (Å²) in [5.74, 6) is 2.63. The van der Waals surface area contributed by atoms with Gasteiger partial charge >= 0.3 is 0 Å². The van der Waals surface area contributed by atoms with Gasteiger partial charge in [0.1, 0.15) is 0 Å². The van der Waals surface area contributed by atoms with Gasteiger partial charge in [-0.2, -0.15) is 0 Å². The molecule has 0 saturated carbocycles. The SMILES string of the molecule is CC1CC(C)CN(C2CCNCC2C)C1. The average molecular weight is 210 g/mol. The van der Waals surface area contributed by atoms with E-state index in [-0.39, 0.29) is 0 Å². The van der Waals surface area contributed by atoms with Crippen molar-refractivity contribution in [3.63, 3.8) is 0 Å². The Morgan fingerprint density at radius 3 is 2.33 bits per heavy atom. The van der Waals surface area contributed by atoms with Gasteiger partial charge in [-0.3, -0.25) is 4.90 Å². The number of hydrogen-bond donors (Lipinski definition) is 1. The Balaban J connectivity index is 1.95. The number of likely N-dealkylation sites (tertiary alicyclic amines) is 1. The van der Waals surface area contributed by atoms with Gasteiger partial charge in [0.15, 0.2) is 0 Å². The molecule has 0 aromatic heterocycles. The molecule has 0 amide bonds. The zero-order chi connectivity index (χ0) is 10.8. The monoisotopic (exact) mass is 210 g/mol. The molecule has 2 heteroatoms. The highest BCUT2D eigenvalue weighted by atomic mass is 15.2. The second-order valence-electron chi connectivity index (χ2n) is 5.94. The lowest BCUT2D eigenvalue weighted by Gasteiger charge is -2.44. The molecule has 1 N–H and O–H groups in total. The molecule has 2 nitrogen and oxygen atoms in total. The van der Waals surface area contributed by atoms with Crippen molar-refractivity contribution < 1.29 is 0 Å². The van der Waals surface area contributed by atoms with Gasteiger partial charge in [0.2, 0.25) is 0 Å². The number of piperidine rings is 2. The molecule has 2 aliphatic rings. The topological polar surface area (TPSA) is 15.3 Å². The summed E-state index contributed by atoms with van der Waals surface area (Å²) in [4.78, 5) is 2.77. The maximum Gasteiger partial charge on any atom is 0.0145 e. The van der Waals surface area contributed by atoms with Crippen molar-refractivity contribution in [2.24, 2.45) is 17.8 Å². The van der Waals surface area contributed by atoms with E-state index >= 15 is 0 Å². The maximum atomic E-state index is 3.50. The van der Waals surface area contributed by atoms with Crippen LogP contribution in [0.1, 0.15) is 33.6 Å². The van der Waals surface area contributed by atoms with Crippen molar-refractivity contribution in [2.45, 2.75) is 39.7 Å². The second-order valence-corrected chi connectivity index (χ2v) is 5.94. The predicted molar refractivity (Wildman–Crippen MR) is 65.0 cm³/mol. The van der Waals surface area contributed by atoms with Crippen molar-refractivity contribution in [3.05, 3.63) is 0 Å². The molecule has 2 fully saturated rings. The van der Waals surface area contributed by atoms with Gasteiger partial charge < -0.3 is 5.32 Å². The van der Waals surface area contributed by atoms with E-state index in [1.807, 2.05) is 0 Å². The van der Waals surface area contributed by atoms with E-state index in [0.717, 1.165) is 23.8 Å². The summed E-state index contributed by atoms with van der Waals surface area (Å²) in [7, 11) is 0. The lowest BCUT2D eigenvalue weighted by molar-refractivity contribution is 0.0542. The fourth-order valence-electron chi connectivity index (χ4n) is 3.52. The Hall–Kier alpha value is -0.0800. The summed E-state index contributed by atoms with van der Waals surface area (Å²) >= 11 is 0. The van der Waals surface area contributed by atoms with Gasteiger partial charge in [-0.25, -0.2) is 0 Å². The highest BCUT2D eigenvalue weighted by Gasteiger charge is 2.31. The minimum Gasteiger partial charge on any atom is -0.316 e. The van der Waals surface area contributed by atoms with E-state index in [1.165, 1.54) is 39.0 Å². The zero-order valence-corrected chi connectivity index (χ0v) is 10.5. The third-order valence-electron chi connectivity index (χ3n) is 4.11. The van der Waals surface area contributed by atoms with Crippen molar-refractivity contribution >= 4 is 0 Å². The molecular formula is C13H26N2. The van der Waals surface area contributed by atoms with Crippen LogP contribution in [0.4, 0.5) is 0 Å². The standard InChI is InChI=1S/C13H26N2/c1-10-6-11(2)9-15(8-10)13-4-5-14-7-12(13)3/h10-14H,4-9H2,1-3H3. The van der Waals surface area contributed by atoms with E-state index < -0.39 is 0 Å². The fraction of sp³-hybridized carbons (Fsp3) is 1.00. The Morgan fingerprint density at radius 2 is 1.73 bits per heavy atom. The Kier molecular flexibility index (Phi) is 3.68. The molecule has 2 saturated heterocycles. The highest BCUT2D eigenvalue weighted by molar-refractivity contribution is 4.87. The molecular weight excluding hydrogens is 184 g/mol. The van der Waals surface area contributed by atoms with Gasteiger partial charge in [0.05, 0.1) is 0 Å². The lowest BCUT2D eigenvalue weighted by Crippen LogP contribution is -2.52. The zero-order valence-electron chi connectivity index (χ0n) is 10.5. The van der Waals surface area contributed by atoms with Gasteiger partial charge in [-0.05, 0) is 43.7 Å². The molecule has 0 radical (unpaired) electrons.